The smallest absolute Gasteiger partial charge is 0.372 e. The van der Waals surface area contributed by atoms with Crippen LogP contribution in [0.25, 0.3) is 0 Å². The van der Waals surface area contributed by atoms with Crippen LogP contribution in [0.5, 0.6) is 0 Å². The molecule has 11 heteroatoms. The minimum atomic E-state index is -4.90. The van der Waals surface area contributed by atoms with Crippen LogP contribution in [0.1, 0.15) is 36.1 Å². The highest BCUT2D eigenvalue weighted by atomic mass is 35.5. The molecule has 0 spiro atoms. The molecular formula is C27H28ClF3N4O3. The van der Waals surface area contributed by atoms with E-state index >= 15 is 0 Å². The van der Waals surface area contributed by atoms with Gasteiger partial charge in [-0.2, -0.15) is 13.2 Å². The van der Waals surface area contributed by atoms with Gasteiger partial charge in [0.15, 0.2) is 5.60 Å². The molecule has 7 nitrogen and oxygen atoms in total. The largest absolute Gasteiger partial charge is 0.416 e. The summed E-state index contributed by atoms with van der Waals surface area (Å²) in [6, 6.07) is 7.77. The van der Waals surface area contributed by atoms with Crippen LogP contribution in [0, 0.1) is 11.8 Å². The van der Waals surface area contributed by atoms with Crippen LogP contribution in [-0.2, 0) is 16.6 Å². The second-order valence-corrected chi connectivity index (χ2v) is 9.45. The van der Waals surface area contributed by atoms with Gasteiger partial charge in [-0.25, -0.2) is 4.79 Å². The predicted octanol–water partition coefficient (Wildman–Crippen LogP) is 3.66. The number of nitrogens with zero attached hydrogens (tertiary/aromatic N) is 3. The predicted molar refractivity (Wildman–Crippen MR) is 138 cm³/mol. The Hall–Kier alpha value is -3.26. The number of urea groups is 1. The minimum absolute atomic E-state index is 0.0136. The van der Waals surface area contributed by atoms with Gasteiger partial charge in [-0.1, -0.05) is 55.5 Å². The fourth-order valence-electron chi connectivity index (χ4n) is 4.83. The Kier molecular flexibility index (Phi) is 7.93. The molecule has 1 fully saturated rings. The number of carbonyl (C=O) groups is 2. The molecule has 2 aliphatic rings. The lowest BCUT2D eigenvalue weighted by Gasteiger charge is -2.27. The van der Waals surface area contributed by atoms with E-state index in [1.165, 1.54) is 34.1 Å². The third-order valence-corrected chi connectivity index (χ3v) is 7.21. The highest BCUT2D eigenvalue weighted by Crippen LogP contribution is 2.51. The van der Waals surface area contributed by atoms with E-state index in [1.54, 1.807) is 6.07 Å². The molecule has 202 valence electrons. The van der Waals surface area contributed by atoms with Crippen LogP contribution in [0.15, 0.2) is 36.4 Å². The fraction of sp³-hybridized carbons (Fsp3) is 0.407. The van der Waals surface area contributed by atoms with Crippen LogP contribution in [0.3, 0.4) is 0 Å². The van der Waals surface area contributed by atoms with Crippen molar-refractivity contribution in [1.29, 1.82) is 0 Å². The van der Waals surface area contributed by atoms with Gasteiger partial charge >= 0.3 is 12.2 Å². The molecule has 1 saturated heterocycles. The van der Waals surface area contributed by atoms with Crippen molar-refractivity contribution in [2.24, 2.45) is 0 Å². The van der Waals surface area contributed by atoms with Gasteiger partial charge in [0, 0.05) is 47.9 Å². The molecule has 1 atom stereocenters. The summed E-state index contributed by atoms with van der Waals surface area (Å²) in [5, 5.41) is 14.4. The summed E-state index contributed by atoms with van der Waals surface area (Å²) in [4.78, 5) is 30.2. The summed E-state index contributed by atoms with van der Waals surface area (Å²) in [5.41, 5.74) is -4.54. The van der Waals surface area contributed by atoms with E-state index in [0.717, 1.165) is 6.07 Å². The van der Waals surface area contributed by atoms with Gasteiger partial charge in [-0.05, 0) is 31.3 Å². The van der Waals surface area contributed by atoms with Crippen molar-refractivity contribution in [3.05, 3.63) is 63.7 Å². The van der Waals surface area contributed by atoms with Gasteiger partial charge in [-0.3, -0.25) is 4.79 Å². The maximum atomic E-state index is 14.5. The van der Waals surface area contributed by atoms with E-state index in [9.17, 15) is 27.9 Å². The van der Waals surface area contributed by atoms with Crippen LogP contribution in [0.4, 0.5) is 23.7 Å². The van der Waals surface area contributed by atoms with Gasteiger partial charge in [-0.15, -0.1) is 0 Å². The quantitative estimate of drug-likeness (QED) is 0.518. The Morgan fingerprint density at radius 2 is 1.89 bits per heavy atom. The minimum Gasteiger partial charge on any atom is -0.372 e. The van der Waals surface area contributed by atoms with Crippen LogP contribution in [0.2, 0.25) is 5.02 Å². The molecule has 38 heavy (non-hydrogen) atoms. The number of rotatable bonds is 7. The van der Waals surface area contributed by atoms with E-state index < -0.39 is 28.8 Å². The first kappa shape index (κ1) is 27.8. The van der Waals surface area contributed by atoms with Gasteiger partial charge in [0.25, 0.3) is 5.91 Å². The number of hydrogen-bond acceptors (Lipinski definition) is 4. The topological polar surface area (TPSA) is 76.1 Å². The summed E-state index contributed by atoms with van der Waals surface area (Å²) < 4.78 is 43.5. The molecular weight excluding hydrogens is 521 g/mol. The first-order chi connectivity index (χ1) is 18.0. The van der Waals surface area contributed by atoms with E-state index in [2.05, 4.69) is 17.2 Å². The highest BCUT2D eigenvalue weighted by molar-refractivity contribution is 6.32. The van der Waals surface area contributed by atoms with Crippen molar-refractivity contribution in [3.8, 4) is 11.8 Å². The van der Waals surface area contributed by atoms with Crippen LogP contribution in [-0.4, -0.2) is 72.7 Å². The maximum absolute atomic E-state index is 14.5. The zero-order valence-corrected chi connectivity index (χ0v) is 21.8. The van der Waals surface area contributed by atoms with E-state index in [4.69, 9.17) is 11.6 Å². The van der Waals surface area contributed by atoms with Gasteiger partial charge < -0.3 is 25.1 Å². The SMILES string of the molecule is CCN(CC)CCN1C(=O)C(O)(c2ccccc2Cl)c2c1cc(C#CCN1CCNC1=O)cc2C(F)(F)F. The lowest BCUT2D eigenvalue weighted by molar-refractivity contribution is -0.142. The molecule has 2 aromatic carbocycles. The number of aliphatic hydroxyl groups is 1. The number of halogens is 4. The lowest BCUT2D eigenvalue weighted by Crippen LogP contribution is -2.44. The molecule has 4 rings (SSSR count). The summed E-state index contributed by atoms with van der Waals surface area (Å²) in [7, 11) is 0. The van der Waals surface area contributed by atoms with Gasteiger partial charge in [0.1, 0.15) is 0 Å². The standard InChI is InChI=1S/C27H28ClF3N4O3/c1-3-33(4-2)14-15-35-22-17-18(8-7-12-34-13-11-32-25(34)37)16-20(27(29,30)31)23(22)26(38,24(35)36)19-9-5-6-10-21(19)28/h5-6,9-10,16-17,38H,3-4,11-15H2,1-2H3,(H,32,37). The van der Waals surface area contributed by atoms with Crippen LogP contribution < -0.4 is 10.2 Å². The number of nitrogens with one attached hydrogen (secondary N) is 1. The molecule has 0 saturated carbocycles. The van der Waals surface area contributed by atoms with Gasteiger partial charge in [0.05, 0.1) is 17.8 Å². The Labute approximate surface area is 224 Å². The van der Waals surface area contributed by atoms with E-state index in [1.807, 2.05) is 18.7 Å². The molecule has 0 bridgehead atoms. The molecule has 2 aromatic rings. The third-order valence-electron chi connectivity index (χ3n) is 6.88. The first-order valence-corrected chi connectivity index (χ1v) is 12.7. The molecule has 0 aliphatic carbocycles. The van der Waals surface area contributed by atoms with Crippen molar-refractivity contribution >= 4 is 29.2 Å². The van der Waals surface area contributed by atoms with Crippen molar-refractivity contribution in [2.45, 2.75) is 25.6 Å². The van der Waals surface area contributed by atoms with Crippen molar-refractivity contribution in [1.82, 2.24) is 15.1 Å². The van der Waals surface area contributed by atoms with Gasteiger partial charge in [0.2, 0.25) is 0 Å². The Bertz CT molecular complexity index is 1300. The second-order valence-electron chi connectivity index (χ2n) is 9.04. The molecule has 0 aromatic heterocycles. The monoisotopic (exact) mass is 548 g/mol. The number of alkyl halides is 3. The number of likely N-dealkylation sites (N-methyl/N-ethyl adjacent to an activating group) is 1. The average molecular weight is 549 g/mol. The Morgan fingerprint density at radius 3 is 2.50 bits per heavy atom. The maximum Gasteiger partial charge on any atom is 0.416 e. The molecule has 1 unspecified atom stereocenters. The first-order valence-electron chi connectivity index (χ1n) is 12.3. The number of benzene rings is 2. The normalized spacial score (nSPS) is 19.1. The number of hydrogen-bond donors (Lipinski definition) is 2. The summed E-state index contributed by atoms with van der Waals surface area (Å²) >= 11 is 6.31. The zero-order valence-electron chi connectivity index (χ0n) is 21.0. The second kappa shape index (κ2) is 10.8. The molecule has 2 N–H and O–H groups in total. The average Bonchev–Trinajstić information content (AvgIpc) is 3.38. The lowest BCUT2D eigenvalue weighted by atomic mass is 9.83. The van der Waals surface area contributed by atoms with Crippen molar-refractivity contribution < 1.29 is 27.9 Å². The number of anilines is 1. The number of carbonyl (C=O) groups excluding carboxylic acids is 2. The molecule has 2 aliphatic heterocycles. The van der Waals surface area contributed by atoms with E-state index in [0.29, 0.717) is 32.7 Å². The summed E-state index contributed by atoms with van der Waals surface area (Å²) in [6.07, 6.45) is -4.90. The Balaban J connectivity index is 1.87. The summed E-state index contributed by atoms with van der Waals surface area (Å²) in [6.45, 7) is 6.66. The van der Waals surface area contributed by atoms with Crippen molar-refractivity contribution in [3.63, 3.8) is 0 Å². The fourth-order valence-corrected chi connectivity index (χ4v) is 5.11. The Morgan fingerprint density at radius 1 is 1.18 bits per heavy atom. The third kappa shape index (κ3) is 5.06. The highest BCUT2D eigenvalue weighted by Gasteiger charge is 2.56. The zero-order chi connectivity index (χ0) is 27.7. The molecule has 0 radical (unpaired) electrons. The van der Waals surface area contributed by atoms with E-state index in [-0.39, 0.29) is 41.0 Å². The molecule has 2 heterocycles. The number of amides is 3. The van der Waals surface area contributed by atoms with Crippen molar-refractivity contribution in [2.75, 3.05) is 50.7 Å². The summed E-state index contributed by atoms with van der Waals surface area (Å²) in [5.74, 6) is 4.55. The number of fused-ring (bicyclic) bond motifs is 1. The van der Waals surface area contributed by atoms with Crippen LogP contribution >= 0.6 is 11.6 Å². The molecule has 3 amide bonds.